The second-order valence-electron chi connectivity index (χ2n) is 7.13. The molecule has 3 aromatic rings. The van der Waals surface area contributed by atoms with Crippen LogP contribution in [0.3, 0.4) is 0 Å². The first-order valence-electron chi connectivity index (χ1n) is 10.1. The monoisotopic (exact) mass is 441 g/mol. The van der Waals surface area contributed by atoms with Crippen molar-refractivity contribution in [2.75, 3.05) is 0 Å². The number of phenolic OH excluding ortho intramolecular Hbond substituents is 1. The van der Waals surface area contributed by atoms with Gasteiger partial charge < -0.3 is 20.3 Å². The number of para-hydroxylation sites is 1. The number of ether oxygens (including phenoxy) is 1. The molecule has 0 aliphatic carbocycles. The van der Waals surface area contributed by atoms with Gasteiger partial charge in [0.05, 0.1) is 11.1 Å². The Morgan fingerprint density at radius 1 is 0.909 bits per heavy atom. The molecular formula is C27H23NO5. The fourth-order valence-corrected chi connectivity index (χ4v) is 2.96. The summed E-state index contributed by atoms with van der Waals surface area (Å²) in [6.45, 7) is 5.54. The number of nitrogens with one attached hydrogen (secondary N) is 1. The molecule has 0 aliphatic rings. The normalized spacial score (nSPS) is 11.5. The molecule has 1 amide bonds. The van der Waals surface area contributed by atoms with E-state index in [0.29, 0.717) is 11.5 Å². The second-order valence-corrected chi connectivity index (χ2v) is 7.13. The maximum Gasteiger partial charge on any atom is 0.337 e. The lowest BCUT2D eigenvalue weighted by atomic mass is 10.1. The van der Waals surface area contributed by atoms with E-state index in [1.165, 1.54) is 24.3 Å². The largest absolute Gasteiger partial charge is 0.507 e. The lowest BCUT2D eigenvalue weighted by Crippen LogP contribution is -2.25. The van der Waals surface area contributed by atoms with Gasteiger partial charge in [-0.05, 0) is 54.5 Å². The molecule has 0 heterocycles. The van der Waals surface area contributed by atoms with E-state index >= 15 is 0 Å². The molecule has 6 heteroatoms. The van der Waals surface area contributed by atoms with Gasteiger partial charge in [0.1, 0.15) is 17.2 Å². The number of phenols is 1. The van der Waals surface area contributed by atoms with E-state index in [2.05, 4.69) is 11.9 Å². The van der Waals surface area contributed by atoms with Crippen LogP contribution < -0.4 is 10.1 Å². The molecule has 0 unspecified atom stereocenters. The molecule has 0 fully saturated rings. The minimum absolute atomic E-state index is 0.0784. The van der Waals surface area contributed by atoms with Gasteiger partial charge in [0, 0.05) is 5.70 Å². The summed E-state index contributed by atoms with van der Waals surface area (Å²) in [6, 6.07) is 22.7. The molecule has 0 radical (unpaired) electrons. The van der Waals surface area contributed by atoms with Crippen LogP contribution >= 0.6 is 0 Å². The van der Waals surface area contributed by atoms with E-state index in [4.69, 9.17) is 4.74 Å². The highest BCUT2D eigenvalue weighted by molar-refractivity contribution is 6.01. The van der Waals surface area contributed by atoms with Gasteiger partial charge in [-0.3, -0.25) is 4.79 Å². The zero-order chi connectivity index (χ0) is 23.8. The molecule has 0 aromatic heterocycles. The molecule has 0 saturated heterocycles. The van der Waals surface area contributed by atoms with E-state index in [0.717, 1.165) is 11.1 Å². The number of carboxylic acids is 1. The highest BCUT2D eigenvalue weighted by Gasteiger charge is 2.18. The second kappa shape index (κ2) is 10.6. The van der Waals surface area contributed by atoms with Crippen molar-refractivity contribution in [1.29, 1.82) is 0 Å². The van der Waals surface area contributed by atoms with Crippen LogP contribution in [0.1, 0.15) is 22.8 Å². The van der Waals surface area contributed by atoms with Gasteiger partial charge in [0.25, 0.3) is 5.91 Å². The zero-order valence-corrected chi connectivity index (χ0v) is 18.0. The fraction of sp³-hybridized carbons (Fsp3) is 0.0370. The minimum Gasteiger partial charge on any atom is -0.507 e. The van der Waals surface area contributed by atoms with Crippen molar-refractivity contribution in [3.05, 3.63) is 120 Å². The molecule has 33 heavy (non-hydrogen) atoms. The number of carbonyl (C=O) groups excluding carboxylic acids is 1. The number of aliphatic carboxylic acids is 1. The van der Waals surface area contributed by atoms with E-state index in [-0.39, 0.29) is 22.6 Å². The summed E-state index contributed by atoms with van der Waals surface area (Å²) in [5.41, 5.74) is 1.41. The third kappa shape index (κ3) is 6.21. The molecule has 3 rings (SSSR count). The first kappa shape index (κ1) is 23.1. The van der Waals surface area contributed by atoms with Crippen LogP contribution in [-0.4, -0.2) is 22.1 Å². The predicted molar refractivity (Wildman–Crippen MR) is 127 cm³/mol. The Balaban J connectivity index is 1.78. The Morgan fingerprint density at radius 3 is 2.18 bits per heavy atom. The van der Waals surface area contributed by atoms with Crippen molar-refractivity contribution >= 4 is 17.4 Å². The van der Waals surface area contributed by atoms with Gasteiger partial charge >= 0.3 is 5.97 Å². The van der Waals surface area contributed by atoms with Crippen molar-refractivity contribution < 1.29 is 24.5 Å². The number of benzene rings is 3. The molecule has 0 spiro atoms. The number of rotatable bonds is 8. The number of hydrogen-bond donors (Lipinski definition) is 3. The highest BCUT2D eigenvalue weighted by atomic mass is 16.5. The molecule has 0 aliphatic heterocycles. The van der Waals surface area contributed by atoms with Crippen LogP contribution in [0.15, 0.2) is 109 Å². The minimum atomic E-state index is -1.25. The summed E-state index contributed by atoms with van der Waals surface area (Å²) in [7, 11) is 0. The third-order valence-electron chi connectivity index (χ3n) is 4.74. The Kier molecular flexibility index (Phi) is 7.44. The maximum atomic E-state index is 12.7. The maximum absolute atomic E-state index is 12.7. The van der Waals surface area contributed by atoms with Crippen LogP contribution in [0.2, 0.25) is 0 Å². The number of aromatic hydroxyl groups is 1. The summed E-state index contributed by atoms with van der Waals surface area (Å²) in [5, 5.41) is 22.2. The molecule has 0 atom stereocenters. The predicted octanol–water partition coefficient (Wildman–Crippen LogP) is 5.54. The van der Waals surface area contributed by atoms with Crippen molar-refractivity contribution in [1.82, 2.24) is 5.32 Å². The van der Waals surface area contributed by atoms with Crippen LogP contribution in [0.25, 0.3) is 5.57 Å². The van der Waals surface area contributed by atoms with Crippen LogP contribution in [-0.2, 0) is 4.79 Å². The number of amides is 1. The van der Waals surface area contributed by atoms with Gasteiger partial charge in [-0.2, -0.15) is 0 Å². The molecular weight excluding hydrogens is 418 g/mol. The average Bonchev–Trinajstić information content (AvgIpc) is 2.81. The number of allylic oxidation sites excluding steroid dienone is 3. The van der Waals surface area contributed by atoms with Crippen LogP contribution in [0.5, 0.6) is 17.2 Å². The first-order valence-corrected chi connectivity index (χ1v) is 10.1. The first-order chi connectivity index (χ1) is 15.8. The van der Waals surface area contributed by atoms with Gasteiger partial charge in [-0.25, -0.2) is 4.79 Å². The Hall–Kier alpha value is -4.58. The lowest BCUT2D eigenvalue weighted by molar-refractivity contribution is -0.132. The van der Waals surface area contributed by atoms with E-state index in [9.17, 15) is 19.8 Å². The van der Waals surface area contributed by atoms with Gasteiger partial charge in [-0.1, -0.05) is 61.2 Å². The Bertz CT molecular complexity index is 1230. The summed E-state index contributed by atoms with van der Waals surface area (Å²) in [6.07, 6.45) is 3.02. The van der Waals surface area contributed by atoms with E-state index < -0.39 is 11.9 Å². The fourth-order valence-electron chi connectivity index (χ4n) is 2.96. The molecule has 0 saturated carbocycles. The number of carboxylic acid groups (broad SMARTS) is 1. The zero-order valence-electron chi connectivity index (χ0n) is 18.0. The lowest BCUT2D eigenvalue weighted by Gasteiger charge is -2.12. The van der Waals surface area contributed by atoms with Crippen molar-refractivity contribution in [3.63, 3.8) is 0 Å². The number of carbonyl (C=O) groups is 2. The van der Waals surface area contributed by atoms with Gasteiger partial charge in [0.15, 0.2) is 0 Å². The van der Waals surface area contributed by atoms with Gasteiger partial charge in [-0.15, -0.1) is 0 Å². The number of hydrogen-bond acceptors (Lipinski definition) is 4. The van der Waals surface area contributed by atoms with Crippen LogP contribution in [0, 0.1) is 0 Å². The Labute approximate surface area is 191 Å². The summed E-state index contributed by atoms with van der Waals surface area (Å²) >= 11 is 0. The third-order valence-corrected chi connectivity index (χ3v) is 4.74. The van der Waals surface area contributed by atoms with E-state index in [1.807, 2.05) is 43.3 Å². The summed E-state index contributed by atoms with van der Waals surface area (Å²) in [5.74, 6) is -1.34. The average molecular weight is 441 g/mol. The SMILES string of the molecule is C=C(NC(=O)c1cc(Oc2ccccc2)ccc1O)/C(=C\C=C(/C)c1ccccc1)C(=O)O. The van der Waals surface area contributed by atoms with Gasteiger partial charge in [0.2, 0.25) is 0 Å². The molecule has 3 N–H and O–H groups in total. The van der Waals surface area contributed by atoms with Crippen molar-refractivity contribution in [3.8, 4) is 17.2 Å². The quantitative estimate of drug-likeness (QED) is 0.315. The molecule has 3 aromatic carbocycles. The van der Waals surface area contributed by atoms with Crippen molar-refractivity contribution in [2.24, 2.45) is 0 Å². The standard InChI is InChI=1S/C27H23NO5/c1-18(20-9-5-3-6-10-20)13-15-23(27(31)32)19(2)28-26(30)24-17-22(14-16-25(24)29)33-21-11-7-4-8-12-21/h3-17,29H,2H2,1H3,(H,28,30)(H,31,32)/b18-13+,23-15+. The van der Waals surface area contributed by atoms with Crippen LogP contribution in [0.4, 0.5) is 0 Å². The summed E-state index contributed by atoms with van der Waals surface area (Å²) < 4.78 is 5.69. The van der Waals surface area contributed by atoms with E-state index in [1.54, 1.807) is 30.3 Å². The molecule has 0 bridgehead atoms. The summed E-state index contributed by atoms with van der Waals surface area (Å²) in [4.78, 5) is 24.5. The molecule has 6 nitrogen and oxygen atoms in total. The topological polar surface area (TPSA) is 95.9 Å². The van der Waals surface area contributed by atoms with Crippen molar-refractivity contribution in [2.45, 2.75) is 6.92 Å². The Morgan fingerprint density at radius 2 is 1.55 bits per heavy atom. The highest BCUT2D eigenvalue weighted by Crippen LogP contribution is 2.27. The molecule has 166 valence electrons. The smallest absolute Gasteiger partial charge is 0.337 e.